The van der Waals surface area contributed by atoms with Gasteiger partial charge in [0.15, 0.2) is 0 Å². The molecule has 0 saturated heterocycles. The maximum Gasteiger partial charge on any atom is 0.239 e. The molecular formula is C17H28N2O2. The van der Waals surface area contributed by atoms with Gasteiger partial charge in [-0.25, -0.2) is 0 Å². The van der Waals surface area contributed by atoms with Crippen molar-refractivity contribution in [2.75, 3.05) is 20.2 Å². The number of ether oxygens (including phenoxy) is 1. The Morgan fingerprint density at radius 1 is 1.33 bits per heavy atom. The molecule has 0 radical (unpaired) electrons. The van der Waals surface area contributed by atoms with Crippen LogP contribution < -0.4 is 10.5 Å². The Morgan fingerprint density at radius 3 is 2.62 bits per heavy atom. The average Bonchev–Trinajstić information content (AvgIpc) is 2.43. The lowest BCUT2D eigenvalue weighted by molar-refractivity contribution is -0.131. The molecule has 0 spiro atoms. The summed E-state index contributed by atoms with van der Waals surface area (Å²) in [4.78, 5) is 13.8. The Hall–Kier alpha value is -1.55. The van der Waals surface area contributed by atoms with Gasteiger partial charge in [0.05, 0.1) is 12.6 Å². The predicted octanol–water partition coefficient (Wildman–Crippen LogP) is 2.60. The van der Waals surface area contributed by atoms with Crippen LogP contribution in [0.3, 0.4) is 0 Å². The molecular weight excluding hydrogens is 264 g/mol. The monoisotopic (exact) mass is 292 g/mol. The second-order valence-electron chi connectivity index (χ2n) is 5.96. The number of para-hydroxylation sites is 1. The van der Waals surface area contributed by atoms with Gasteiger partial charge < -0.3 is 15.4 Å². The minimum atomic E-state index is -0.396. The third-order valence-corrected chi connectivity index (χ3v) is 3.41. The second-order valence-corrected chi connectivity index (χ2v) is 5.96. The van der Waals surface area contributed by atoms with Crippen LogP contribution in [0.5, 0.6) is 5.75 Å². The van der Waals surface area contributed by atoms with Crippen molar-refractivity contribution in [1.29, 1.82) is 0 Å². The highest BCUT2D eigenvalue weighted by atomic mass is 16.5. The molecule has 0 saturated carbocycles. The zero-order valence-electron chi connectivity index (χ0n) is 13.6. The number of nitrogens with zero attached hydrogens (tertiary/aromatic N) is 1. The van der Waals surface area contributed by atoms with E-state index in [1.54, 1.807) is 11.9 Å². The maximum absolute atomic E-state index is 12.1. The molecule has 0 aliphatic heterocycles. The number of carbonyl (C=O) groups is 1. The molecule has 1 aromatic rings. The van der Waals surface area contributed by atoms with Crippen molar-refractivity contribution < 1.29 is 9.53 Å². The number of hydrogen-bond donors (Lipinski definition) is 1. The minimum absolute atomic E-state index is 0.0135. The first-order valence-electron chi connectivity index (χ1n) is 7.60. The molecule has 0 heterocycles. The van der Waals surface area contributed by atoms with Gasteiger partial charge in [0, 0.05) is 13.6 Å². The summed E-state index contributed by atoms with van der Waals surface area (Å²) in [5, 5.41) is 0. The summed E-state index contributed by atoms with van der Waals surface area (Å²) in [5.41, 5.74) is 7.04. The summed E-state index contributed by atoms with van der Waals surface area (Å²) in [6.45, 7) is 7.43. The van der Waals surface area contributed by atoms with Gasteiger partial charge in [-0.3, -0.25) is 4.79 Å². The van der Waals surface area contributed by atoms with E-state index in [4.69, 9.17) is 10.5 Å². The van der Waals surface area contributed by atoms with E-state index in [-0.39, 0.29) is 5.91 Å². The van der Waals surface area contributed by atoms with Crippen molar-refractivity contribution in [1.82, 2.24) is 4.90 Å². The van der Waals surface area contributed by atoms with Gasteiger partial charge in [-0.2, -0.15) is 0 Å². The molecule has 0 aliphatic rings. The van der Waals surface area contributed by atoms with Gasteiger partial charge in [0.2, 0.25) is 5.91 Å². The number of aryl methyl sites for hydroxylation is 1. The van der Waals surface area contributed by atoms with E-state index in [0.29, 0.717) is 19.1 Å². The quantitative estimate of drug-likeness (QED) is 0.749. The van der Waals surface area contributed by atoms with Crippen molar-refractivity contribution >= 4 is 5.91 Å². The van der Waals surface area contributed by atoms with Crippen molar-refractivity contribution in [3.05, 3.63) is 29.8 Å². The van der Waals surface area contributed by atoms with Crippen LogP contribution >= 0.6 is 0 Å². The minimum Gasteiger partial charge on any atom is -0.493 e. The standard InChI is InChI=1S/C17H28N2O2/c1-13(2)12-15(18)17(20)19(4)10-7-11-21-16-9-6-5-8-14(16)3/h5-6,8-9,13,15H,7,10-12,18H2,1-4H3/t15-/m0/s1. The van der Waals surface area contributed by atoms with Crippen molar-refractivity contribution in [2.45, 2.75) is 39.7 Å². The van der Waals surface area contributed by atoms with Crippen molar-refractivity contribution in [3.63, 3.8) is 0 Å². The summed E-state index contributed by atoms with van der Waals surface area (Å²) in [7, 11) is 1.80. The first kappa shape index (κ1) is 17.5. The number of nitrogens with two attached hydrogens (primary N) is 1. The number of amides is 1. The number of carbonyl (C=O) groups excluding carboxylic acids is 1. The van der Waals surface area contributed by atoms with E-state index in [1.165, 1.54) is 0 Å². The average molecular weight is 292 g/mol. The Morgan fingerprint density at radius 2 is 2.00 bits per heavy atom. The Labute approximate surface area is 128 Å². The van der Waals surface area contributed by atoms with Crippen LogP contribution in [0.2, 0.25) is 0 Å². The molecule has 0 bridgehead atoms. The topological polar surface area (TPSA) is 55.6 Å². The molecule has 2 N–H and O–H groups in total. The van der Waals surface area contributed by atoms with Crippen LogP contribution in [0.25, 0.3) is 0 Å². The maximum atomic E-state index is 12.1. The highest BCUT2D eigenvalue weighted by Crippen LogP contribution is 2.16. The Balaban J connectivity index is 2.29. The van der Waals surface area contributed by atoms with Crippen LogP contribution in [0.4, 0.5) is 0 Å². The number of hydrogen-bond acceptors (Lipinski definition) is 3. The van der Waals surface area contributed by atoms with E-state index in [1.807, 2.05) is 31.2 Å². The molecule has 0 aliphatic carbocycles. The van der Waals surface area contributed by atoms with Crippen LogP contribution in [0.1, 0.15) is 32.3 Å². The lowest BCUT2D eigenvalue weighted by atomic mass is 10.0. The Bertz CT molecular complexity index is 446. The van der Waals surface area contributed by atoms with Gasteiger partial charge in [-0.15, -0.1) is 0 Å². The van der Waals surface area contributed by atoms with Crippen LogP contribution in [0, 0.1) is 12.8 Å². The van der Waals surface area contributed by atoms with E-state index in [9.17, 15) is 4.79 Å². The molecule has 21 heavy (non-hydrogen) atoms. The normalized spacial score (nSPS) is 12.3. The van der Waals surface area contributed by atoms with Crippen molar-refractivity contribution in [2.24, 2.45) is 11.7 Å². The molecule has 1 rings (SSSR count). The molecule has 118 valence electrons. The summed E-state index contributed by atoms with van der Waals surface area (Å²) in [6, 6.07) is 7.54. The zero-order valence-corrected chi connectivity index (χ0v) is 13.6. The summed E-state index contributed by atoms with van der Waals surface area (Å²) in [6.07, 6.45) is 1.52. The smallest absolute Gasteiger partial charge is 0.239 e. The van der Waals surface area contributed by atoms with Crippen LogP contribution in [-0.2, 0) is 4.79 Å². The summed E-state index contributed by atoms with van der Waals surface area (Å²) >= 11 is 0. The zero-order chi connectivity index (χ0) is 15.8. The lowest BCUT2D eigenvalue weighted by Crippen LogP contribution is -2.43. The second kappa shape index (κ2) is 8.67. The van der Waals surface area contributed by atoms with E-state index < -0.39 is 6.04 Å². The third-order valence-electron chi connectivity index (χ3n) is 3.41. The van der Waals surface area contributed by atoms with E-state index >= 15 is 0 Å². The molecule has 0 unspecified atom stereocenters. The fourth-order valence-corrected chi connectivity index (χ4v) is 2.20. The highest BCUT2D eigenvalue weighted by molar-refractivity contribution is 5.81. The molecule has 4 nitrogen and oxygen atoms in total. The number of likely N-dealkylation sites (N-methyl/N-ethyl adjacent to an activating group) is 1. The summed E-state index contributed by atoms with van der Waals surface area (Å²) < 4.78 is 5.72. The Kier molecular flexibility index (Phi) is 7.23. The molecule has 0 aromatic heterocycles. The van der Waals surface area contributed by atoms with Crippen LogP contribution in [0.15, 0.2) is 24.3 Å². The molecule has 1 amide bonds. The fraction of sp³-hybridized carbons (Fsp3) is 0.588. The fourth-order valence-electron chi connectivity index (χ4n) is 2.20. The van der Waals surface area contributed by atoms with Crippen LogP contribution in [-0.4, -0.2) is 37.0 Å². The molecule has 1 atom stereocenters. The predicted molar refractivity (Wildman–Crippen MR) is 86.4 cm³/mol. The van der Waals surface area contributed by atoms with Gasteiger partial charge in [-0.1, -0.05) is 32.0 Å². The van der Waals surface area contributed by atoms with E-state index in [0.717, 1.165) is 24.2 Å². The highest BCUT2D eigenvalue weighted by Gasteiger charge is 2.18. The van der Waals surface area contributed by atoms with Crippen molar-refractivity contribution in [3.8, 4) is 5.75 Å². The van der Waals surface area contributed by atoms with Gasteiger partial charge in [0.25, 0.3) is 0 Å². The molecule has 4 heteroatoms. The molecule has 1 aromatic carbocycles. The van der Waals surface area contributed by atoms with Gasteiger partial charge in [0.1, 0.15) is 5.75 Å². The number of benzene rings is 1. The van der Waals surface area contributed by atoms with Gasteiger partial charge in [-0.05, 0) is 37.3 Å². The first-order valence-corrected chi connectivity index (χ1v) is 7.60. The SMILES string of the molecule is Cc1ccccc1OCCCN(C)C(=O)[C@@H](N)CC(C)C. The van der Waals surface area contributed by atoms with Gasteiger partial charge >= 0.3 is 0 Å². The largest absolute Gasteiger partial charge is 0.493 e. The summed E-state index contributed by atoms with van der Waals surface area (Å²) in [5.74, 6) is 1.35. The third kappa shape index (κ3) is 6.17. The molecule has 0 fully saturated rings. The lowest BCUT2D eigenvalue weighted by Gasteiger charge is -2.22. The number of rotatable bonds is 8. The van der Waals surface area contributed by atoms with E-state index in [2.05, 4.69) is 13.8 Å². The first-order chi connectivity index (χ1) is 9.91.